The number of hydrogen-bond donors (Lipinski definition) is 2. The third kappa shape index (κ3) is 6.42. The SMILES string of the molecule is CCNC(=NCc1cccc(OC)c1O)N1CCC(Oc2ccccc2)CC1.I. The number of rotatable bonds is 6. The molecule has 29 heavy (non-hydrogen) atoms. The molecule has 1 saturated heterocycles. The number of nitrogens with one attached hydrogen (secondary N) is 1. The Bertz CT molecular complexity index is 778. The van der Waals surface area contributed by atoms with Gasteiger partial charge in [0.25, 0.3) is 0 Å². The lowest BCUT2D eigenvalue weighted by Gasteiger charge is -2.34. The van der Waals surface area contributed by atoms with Crippen molar-refractivity contribution in [3.8, 4) is 17.2 Å². The highest BCUT2D eigenvalue weighted by Crippen LogP contribution is 2.29. The molecule has 0 aromatic heterocycles. The molecule has 0 radical (unpaired) electrons. The molecule has 7 heteroatoms. The van der Waals surface area contributed by atoms with E-state index < -0.39 is 0 Å². The van der Waals surface area contributed by atoms with Crippen molar-refractivity contribution in [3.05, 3.63) is 54.1 Å². The molecule has 1 aliphatic heterocycles. The van der Waals surface area contributed by atoms with Gasteiger partial charge in [0.15, 0.2) is 17.5 Å². The van der Waals surface area contributed by atoms with Gasteiger partial charge in [-0.1, -0.05) is 30.3 Å². The smallest absolute Gasteiger partial charge is 0.194 e. The number of nitrogens with zero attached hydrogens (tertiary/aromatic N) is 2. The predicted octanol–water partition coefficient (Wildman–Crippen LogP) is 4.03. The Balaban J connectivity index is 0.00000300. The van der Waals surface area contributed by atoms with E-state index in [-0.39, 0.29) is 35.8 Å². The van der Waals surface area contributed by atoms with Crippen LogP contribution < -0.4 is 14.8 Å². The van der Waals surface area contributed by atoms with E-state index >= 15 is 0 Å². The molecular formula is C22H30IN3O3. The minimum atomic E-state index is 0. The predicted molar refractivity (Wildman–Crippen MR) is 127 cm³/mol. The van der Waals surface area contributed by atoms with Crippen LogP contribution in [0.4, 0.5) is 0 Å². The number of methoxy groups -OCH3 is 1. The Labute approximate surface area is 190 Å². The van der Waals surface area contributed by atoms with Gasteiger partial charge in [0.2, 0.25) is 0 Å². The van der Waals surface area contributed by atoms with Crippen LogP contribution in [-0.4, -0.2) is 48.8 Å². The summed E-state index contributed by atoms with van der Waals surface area (Å²) in [5.41, 5.74) is 0.747. The number of halogens is 1. The van der Waals surface area contributed by atoms with Gasteiger partial charge in [0.05, 0.1) is 13.7 Å². The Morgan fingerprint density at radius 1 is 1.14 bits per heavy atom. The van der Waals surface area contributed by atoms with E-state index in [1.165, 1.54) is 0 Å². The molecule has 2 aromatic rings. The third-order valence-electron chi connectivity index (χ3n) is 4.82. The summed E-state index contributed by atoms with van der Waals surface area (Å²) >= 11 is 0. The first-order valence-electron chi connectivity index (χ1n) is 9.81. The van der Waals surface area contributed by atoms with Crippen LogP contribution in [0.15, 0.2) is 53.5 Å². The van der Waals surface area contributed by atoms with E-state index in [9.17, 15) is 5.11 Å². The zero-order valence-corrected chi connectivity index (χ0v) is 19.3. The van der Waals surface area contributed by atoms with Crippen LogP contribution in [-0.2, 0) is 6.54 Å². The summed E-state index contributed by atoms with van der Waals surface area (Å²) in [6, 6.07) is 15.5. The fraction of sp³-hybridized carbons (Fsp3) is 0.409. The molecule has 0 atom stereocenters. The minimum absolute atomic E-state index is 0. The van der Waals surface area contributed by atoms with Crippen LogP contribution >= 0.6 is 24.0 Å². The molecule has 6 nitrogen and oxygen atoms in total. The van der Waals surface area contributed by atoms with Gasteiger partial charge >= 0.3 is 0 Å². The molecule has 158 valence electrons. The number of hydrogen-bond acceptors (Lipinski definition) is 4. The number of benzene rings is 2. The minimum Gasteiger partial charge on any atom is -0.504 e. The van der Waals surface area contributed by atoms with Crippen LogP contribution in [0.25, 0.3) is 0 Å². The van der Waals surface area contributed by atoms with Gasteiger partial charge in [-0.15, -0.1) is 24.0 Å². The zero-order chi connectivity index (χ0) is 19.8. The van der Waals surface area contributed by atoms with Crippen molar-refractivity contribution in [2.24, 2.45) is 4.99 Å². The van der Waals surface area contributed by atoms with Crippen molar-refractivity contribution in [2.45, 2.75) is 32.4 Å². The van der Waals surface area contributed by atoms with Gasteiger partial charge in [-0.3, -0.25) is 0 Å². The fourth-order valence-corrected chi connectivity index (χ4v) is 3.32. The van der Waals surface area contributed by atoms with Crippen LogP contribution in [0.2, 0.25) is 0 Å². The lowest BCUT2D eigenvalue weighted by Crippen LogP contribution is -2.47. The number of para-hydroxylation sites is 2. The lowest BCUT2D eigenvalue weighted by molar-refractivity contribution is 0.129. The number of piperidine rings is 1. The van der Waals surface area contributed by atoms with Gasteiger partial charge in [-0.2, -0.15) is 0 Å². The molecule has 0 bridgehead atoms. The number of phenolic OH excluding ortho intramolecular Hbond substituents is 1. The third-order valence-corrected chi connectivity index (χ3v) is 4.82. The zero-order valence-electron chi connectivity index (χ0n) is 17.0. The monoisotopic (exact) mass is 511 g/mol. The standard InChI is InChI=1S/C22H29N3O3.HI/c1-3-23-22(24-16-17-8-7-11-20(27-2)21(17)26)25-14-12-19(13-15-25)28-18-9-5-4-6-10-18;/h4-11,19,26H,3,12-16H2,1-2H3,(H,23,24);1H. The topological polar surface area (TPSA) is 66.3 Å². The normalized spacial score (nSPS) is 14.8. The van der Waals surface area contributed by atoms with E-state index in [1.54, 1.807) is 13.2 Å². The quantitative estimate of drug-likeness (QED) is 0.349. The number of phenols is 1. The van der Waals surface area contributed by atoms with Crippen LogP contribution in [0.5, 0.6) is 17.2 Å². The Morgan fingerprint density at radius 2 is 1.86 bits per heavy atom. The van der Waals surface area contributed by atoms with Crippen molar-refractivity contribution < 1.29 is 14.6 Å². The van der Waals surface area contributed by atoms with E-state index in [4.69, 9.17) is 14.5 Å². The van der Waals surface area contributed by atoms with E-state index in [0.717, 1.165) is 49.7 Å². The van der Waals surface area contributed by atoms with Gasteiger partial charge in [0, 0.05) is 38.0 Å². The first kappa shape index (κ1) is 23.1. The van der Waals surface area contributed by atoms with E-state index in [2.05, 4.69) is 17.1 Å². The van der Waals surface area contributed by atoms with E-state index in [1.807, 2.05) is 42.5 Å². The van der Waals surface area contributed by atoms with Gasteiger partial charge in [-0.25, -0.2) is 4.99 Å². The molecule has 0 amide bonds. The summed E-state index contributed by atoms with van der Waals surface area (Å²) in [5.74, 6) is 2.41. The molecule has 0 unspecified atom stereocenters. The van der Waals surface area contributed by atoms with E-state index in [0.29, 0.717) is 12.3 Å². The second-order valence-electron chi connectivity index (χ2n) is 6.76. The maximum absolute atomic E-state index is 10.3. The number of guanidine groups is 1. The van der Waals surface area contributed by atoms with Crippen molar-refractivity contribution in [2.75, 3.05) is 26.7 Å². The molecule has 1 heterocycles. The molecule has 2 N–H and O–H groups in total. The van der Waals surface area contributed by atoms with Crippen molar-refractivity contribution in [1.29, 1.82) is 0 Å². The molecule has 0 saturated carbocycles. The fourth-order valence-electron chi connectivity index (χ4n) is 3.32. The van der Waals surface area contributed by atoms with Gasteiger partial charge in [0.1, 0.15) is 11.9 Å². The Kier molecular flexibility index (Phi) is 9.37. The van der Waals surface area contributed by atoms with Crippen LogP contribution in [0.1, 0.15) is 25.3 Å². The van der Waals surface area contributed by atoms with Crippen LogP contribution in [0.3, 0.4) is 0 Å². The van der Waals surface area contributed by atoms with Crippen molar-refractivity contribution in [3.63, 3.8) is 0 Å². The largest absolute Gasteiger partial charge is 0.504 e. The van der Waals surface area contributed by atoms with Crippen LogP contribution in [0, 0.1) is 0 Å². The maximum Gasteiger partial charge on any atom is 0.194 e. The number of aliphatic imine (C=N–C) groups is 1. The van der Waals surface area contributed by atoms with Crippen molar-refractivity contribution in [1.82, 2.24) is 10.2 Å². The number of likely N-dealkylation sites (tertiary alicyclic amines) is 1. The summed E-state index contributed by atoms with van der Waals surface area (Å²) < 4.78 is 11.3. The second kappa shape index (κ2) is 11.7. The highest BCUT2D eigenvalue weighted by molar-refractivity contribution is 14.0. The highest BCUT2D eigenvalue weighted by atomic mass is 127. The number of ether oxygens (including phenoxy) is 2. The summed E-state index contributed by atoms with van der Waals surface area (Å²) in [6.45, 7) is 5.01. The molecule has 3 rings (SSSR count). The lowest BCUT2D eigenvalue weighted by atomic mass is 10.1. The second-order valence-corrected chi connectivity index (χ2v) is 6.76. The Hall–Kier alpha value is -2.16. The Morgan fingerprint density at radius 3 is 2.52 bits per heavy atom. The average Bonchev–Trinajstić information content (AvgIpc) is 2.73. The molecule has 1 fully saturated rings. The molecule has 1 aliphatic rings. The summed E-state index contributed by atoms with van der Waals surface area (Å²) in [5, 5.41) is 13.6. The van der Waals surface area contributed by atoms with Gasteiger partial charge in [-0.05, 0) is 25.1 Å². The summed E-state index contributed by atoms with van der Waals surface area (Å²) in [7, 11) is 1.55. The summed E-state index contributed by atoms with van der Waals surface area (Å²) in [4.78, 5) is 6.98. The van der Waals surface area contributed by atoms with Gasteiger partial charge < -0.3 is 24.8 Å². The molecular weight excluding hydrogens is 481 g/mol. The average molecular weight is 511 g/mol. The highest BCUT2D eigenvalue weighted by Gasteiger charge is 2.22. The summed E-state index contributed by atoms with van der Waals surface area (Å²) in [6.07, 6.45) is 2.12. The van der Waals surface area contributed by atoms with Crippen molar-refractivity contribution >= 4 is 29.9 Å². The maximum atomic E-state index is 10.3. The molecule has 0 spiro atoms. The number of aromatic hydroxyl groups is 1. The first-order chi connectivity index (χ1) is 13.7. The first-order valence-corrected chi connectivity index (χ1v) is 9.81. The molecule has 0 aliphatic carbocycles. The molecule has 2 aromatic carbocycles.